The number of ether oxygens (including phenoxy) is 1. The Morgan fingerprint density at radius 3 is 2.92 bits per heavy atom. The average molecular weight is 184 g/mol. The standard InChI is InChI=1S/C10H20N2O/c1-8-2-3-10(8)12-6-9-7-13-5-4-11-9/h8-12H,2-7H2,1H3. The van der Waals surface area contributed by atoms with E-state index in [1.807, 2.05) is 0 Å². The Morgan fingerprint density at radius 2 is 2.38 bits per heavy atom. The van der Waals surface area contributed by atoms with Gasteiger partial charge in [-0.15, -0.1) is 0 Å². The molecule has 3 heteroatoms. The predicted molar refractivity (Wildman–Crippen MR) is 52.8 cm³/mol. The SMILES string of the molecule is CC1CCC1NCC1COCCN1. The molecule has 13 heavy (non-hydrogen) atoms. The van der Waals surface area contributed by atoms with Gasteiger partial charge >= 0.3 is 0 Å². The predicted octanol–water partition coefficient (Wildman–Crippen LogP) is 0.363. The van der Waals surface area contributed by atoms with Crippen LogP contribution in [0.3, 0.4) is 0 Å². The normalized spacial score (nSPS) is 39.9. The number of hydrogen-bond donors (Lipinski definition) is 2. The van der Waals surface area contributed by atoms with Gasteiger partial charge in [-0.05, 0) is 18.8 Å². The van der Waals surface area contributed by atoms with Gasteiger partial charge in [-0.3, -0.25) is 0 Å². The van der Waals surface area contributed by atoms with E-state index in [1.54, 1.807) is 0 Å². The second-order valence-corrected chi connectivity index (χ2v) is 4.30. The average Bonchev–Trinajstić information content (AvgIpc) is 2.17. The molecule has 0 spiro atoms. The Balaban J connectivity index is 1.61. The molecule has 2 rings (SSSR count). The number of nitrogens with one attached hydrogen (secondary N) is 2. The van der Waals surface area contributed by atoms with Crippen LogP contribution in [-0.4, -0.2) is 38.4 Å². The van der Waals surface area contributed by atoms with Crippen molar-refractivity contribution >= 4 is 0 Å². The van der Waals surface area contributed by atoms with E-state index in [2.05, 4.69) is 17.6 Å². The lowest BCUT2D eigenvalue weighted by Crippen LogP contribution is -2.52. The van der Waals surface area contributed by atoms with Crippen molar-refractivity contribution in [2.45, 2.75) is 31.8 Å². The molecule has 2 N–H and O–H groups in total. The van der Waals surface area contributed by atoms with Crippen LogP contribution < -0.4 is 10.6 Å². The molecule has 3 nitrogen and oxygen atoms in total. The summed E-state index contributed by atoms with van der Waals surface area (Å²) in [5.41, 5.74) is 0. The molecule has 3 atom stereocenters. The third-order valence-corrected chi connectivity index (χ3v) is 3.24. The fourth-order valence-electron chi connectivity index (χ4n) is 2.01. The van der Waals surface area contributed by atoms with Crippen molar-refractivity contribution in [1.82, 2.24) is 10.6 Å². The van der Waals surface area contributed by atoms with E-state index < -0.39 is 0 Å². The first-order valence-corrected chi connectivity index (χ1v) is 5.41. The van der Waals surface area contributed by atoms with Gasteiger partial charge in [-0.1, -0.05) is 6.92 Å². The Kier molecular flexibility index (Phi) is 3.19. The number of morpholine rings is 1. The Bertz CT molecular complexity index is 157. The maximum absolute atomic E-state index is 5.39. The Morgan fingerprint density at radius 1 is 1.46 bits per heavy atom. The number of rotatable bonds is 3. The monoisotopic (exact) mass is 184 g/mol. The molecule has 76 valence electrons. The summed E-state index contributed by atoms with van der Waals surface area (Å²) in [6, 6.07) is 1.30. The molecule has 1 aliphatic heterocycles. The largest absolute Gasteiger partial charge is 0.378 e. The zero-order valence-electron chi connectivity index (χ0n) is 8.38. The lowest BCUT2D eigenvalue weighted by Gasteiger charge is -2.36. The van der Waals surface area contributed by atoms with Crippen molar-refractivity contribution in [3.05, 3.63) is 0 Å². The fourth-order valence-corrected chi connectivity index (χ4v) is 2.01. The quantitative estimate of drug-likeness (QED) is 0.664. The molecule has 0 radical (unpaired) electrons. The third kappa shape index (κ3) is 2.42. The van der Waals surface area contributed by atoms with Gasteiger partial charge in [-0.25, -0.2) is 0 Å². The van der Waals surface area contributed by atoms with E-state index in [-0.39, 0.29) is 0 Å². The summed E-state index contributed by atoms with van der Waals surface area (Å²) in [4.78, 5) is 0. The van der Waals surface area contributed by atoms with Crippen LogP contribution in [0.4, 0.5) is 0 Å². The van der Waals surface area contributed by atoms with Crippen molar-refractivity contribution in [2.24, 2.45) is 5.92 Å². The van der Waals surface area contributed by atoms with Crippen LogP contribution in [0.15, 0.2) is 0 Å². The zero-order valence-corrected chi connectivity index (χ0v) is 8.38. The van der Waals surface area contributed by atoms with E-state index >= 15 is 0 Å². The highest BCUT2D eigenvalue weighted by molar-refractivity contribution is 4.85. The summed E-state index contributed by atoms with van der Waals surface area (Å²) in [5, 5.41) is 7.05. The molecular weight excluding hydrogens is 164 g/mol. The minimum Gasteiger partial charge on any atom is -0.378 e. The van der Waals surface area contributed by atoms with Gasteiger partial charge in [0.05, 0.1) is 13.2 Å². The number of hydrogen-bond acceptors (Lipinski definition) is 3. The third-order valence-electron chi connectivity index (χ3n) is 3.24. The topological polar surface area (TPSA) is 33.3 Å². The van der Waals surface area contributed by atoms with Crippen LogP contribution in [0.1, 0.15) is 19.8 Å². The van der Waals surface area contributed by atoms with Gasteiger partial charge in [0.15, 0.2) is 0 Å². The zero-order chi connectivity index (χ0) is 9.10. The van der Waals surface area contributed by atoms with Gasteiger partial charge in [-0.2, -0.15) is 0 Å². The molecule has 1 saturated carbocycles. The van der Waals surface area contributed by atoms with Gasteiger partial charge in [0.2, 0.25) is 0 Å². The molecule has 0 aromatic rings. The van der Waals surface area contributed by atoms with Gasteiger partial charge in [0.25, 0.3) is 0 Å². The summed E-state index contributed by atoms with van der Waals surface area (Å²) in [7, 11) is 0. The van der Waals surface area contributed by atoms with E-state index in [4.69, 9.17) is 4.74 Å². The van der Waals surface area contributed by atoms with Crippen molar-refractivity contribution < 1.29 is 4.74 Å². The Hall–Kier alpha value is -0.120. The van der Waals surface area contributed by atoms with Gasteiger partial charge < -0.3 is 15.4 Å². The smallest absolute Gasteiger partial charge is 0.0632 e. The molecule has 1 saturated heterocycles. The second kappa shape index (κ2) is 4.40. The van der Waals surface area contributed by atoms with Gasteiger partial charge in [0, 0.05) is 25.2 Å². The van der Waals surface area contributed by atoms with Crippen LogP contribution in [0.5, 0.6) is 0 Å². The maximum atomic E-state index is 5.39. The molecule has 0 amide bonds. The van der Waals surface area contributed by atoms with E-state index in [1.165, 1.54) is 12.8 Å². The molecule has 0 bridgehead atoms. The van der Waals surface area contributed by atoms with Crippen molar-refractivity contribution in [1.29, 1.82) is 0 Å². The summed E-state index contributed by atoms with van der Waals surface area (Å²) < 4.78 is 5.39. The second-order valence-electron chi connectivity index (χ2n) is 4.30. The van der Waals surface area contributed by atoms with E-state index in [0.29, 0.717) is 6.04 Å². The van der Waals surface area contributed by atoms with Crippen molar-refractivity contribution in [3.8, 4) is 0 Å². The van der Waals surface area contributed by atoms with E-state index in [0.717, 1.165) is 38.3 Å². The summed E-state index contributed by atoms with van der Waals surface area (Å²) >= 11 is 0. The van der Waals surface area contributed by atoms with E-state index in [9.17, 15) is 0 Å². The van der Waals surface area contributed by atoms with Gasteiger partial charge in [0.1, 0.15) is 0 Å². The van der Waals surface area contributed by atoms with Crippen LogP contribution >= 0.6 is 0 Å². The van der Waals surface area contributed by atoms with Crippen molar-refractivity contribution in [3.63, 3.8) is 0 Å². The molecule has 2 fully saturated rings. The summed E-state index contributed by atoms with van der Waals surface area (Å²) in [5.74, 6) is 0.879. The fraction of sp³-hybridized carbons (Fsp3) is 1.00. The highest BCUT2D eigenvalue weighted by Crippen LogP contribution is 2.26. The molecule has 1 aliphatic carbocycles. The van der Waals surface area contributed by atoms with Crippen LogP contribution in [0.2, 0.25) is 0 Å². The van der Waals surface area contributed by atoms with Crippen LogP contribution in [-0.2, 0) is 4.74 Å². The molecule has 3 unspecified atom stereocenters. The first kappa shape index (κ1) is 9.44. The summed E-state index contributed by atoms with van der Waals surface area (Å²) in [6.07, 6.45) is 2.75. The molecule has 2 aliphatic rings. The van der Waals surface area contributed by atoms with Crippen LogP contribution in [0, 0.1) is 5.92 Å². The lowest BCUT2D eigenvalue weighted by molar-refractivity contribution is 0.0727. The highest BCUT2D eigenvalue weighted by atomic mass is 16.5. The molecule has 0 aromatic carbocycles. The summed E-state index contributed by atoms with van der Waals surface area (Å²) in [6.45, 7) is 6.14. The molecule has 0 aromatic heterocycles. The first-order valence-electron chi connectivity index (χ1n) is 5.41. The minimum atomic E-state index is 0.529. The van der Waals surface area contributed by atoms with Crippen LogP contribution in [0.25, 0.3) is 0 Å². The maximum Gasteiger partial charge on any atom is 0.0632 e. The lowest BCUT2D eigenvalue weighted by atomic mass is 9.81. The minimum absolute atomic E-state index is 0.529. The molecular formula is C10H20N2O. The van der Waals surface area contributed by atoms with Crippen molar-refractivity contribution in [2.75, 3.05) is 26.3 Å². The highest BCUT2D eigenvalue weighted by Gasteiger charge is 2.26. The Labute approximate surface area is 80.2 Å². The molecule has 1 heterocycles. The first-order chi connectivity index (χ1) is 6.36.